The molecule has 1 aromatic carbocycles. The van der Waals surface area contributed by atoms with Gasteiger partial charge in [0, 0.05) is 30.0 Å². The van der Waals surface area contributed by atoms with Crippen LogP contribution in [0, 0.1) is 12.8 Å². The first kappa shape index (κ1) is 19.0. The number of aryl methyl sites for hydroxylation is 1. The molecule has 1 saturated heterocycles. The maximum atomic E-state index is 12.5. The fraction of sp³-hybridized carbons (Fsp3) is 0.444. The van der Waals surface area contributed by atoms with Gasteiger partial charge in [0.15, 0.2) is 5.13 Å². The van der Waals surface area contributed by atoms with Crippen LogP contribution >= 0.6 is 11.3 Å². The fourth-order valence-electron chi connectivity index (χ4n) is 3.10. The molecule has 0 atom stereocenters. The van der Waals surface area contributed by atoms with Gasteiger partial charge in [-0.25, -0.2) is 17.7 Å². The van der Waals surface area contributed by atoms with Crippen molar-refractivity contribution < 1.29 is 13.2 Å². The summed E-state index contributed by atoms with van der Waals surface area (Å²) in [6, 6.07) is 8.00. The van der Waals surface area contributed by atoms with Crippen molar-refractivity contribution in [2.45, 2.75) is 26.7 Å². The molecule has 0 radical (unpaired) electrons. The number of anilines is 1. The first-order chi connectivity index (χ1) is 12.4. The molecule has 1 N–H and O–H groups in total. The van der Waals surface area contributed by atoms with Gasteiger partial charge in [-0.1, -0.05) is 24.3 Å². The maximum absolute atomic E-state index is 12.5. The van der Waals surface area contributed by atoms with Crippen LogP contribution in [0.5, 0.6) is 0 Å². The van der Waals surface area contributed by atoms with Crippen LogP contribution in [0.15, 0.2) is 29.6 Å². The number of amides is 1. The molecule has 140 valence electrons. The van der Waals surface area contributed by atoms with E-state index in [4.69, 9.17) is 0 Å². The van der Waals surface area contributed by atoms with Crippen LogP contribution in [0.3, 0.4) is 0 Å². The largest absolute Gasteiger partial charge is 0.302 e. The van der Waals surface area contributed by atoms with Gasteiger partial charge in [0.05, 0.1) is 11.4 Å². The van der Waals surface area contributed by atoms with Crippen LogP contribution < -0.4 is 5.32 Å². The zero-order valence-electron chi connectivity index (χ0n) is 14.9. The molecular formula is C18H23N3O3S2. The molecule has 0 aliphatic carbocycles. The van der Waals surface area contributed by atoms with E-state index in [1.807, 2.05) is 36.6 Å². The summed E-state index contributed by atoms with van der Waals surface area (Å²) in [4.78, 5) is 17.0. The van der Waals surface area contributed by atoms with Crippen molar-refractivity contribution in [1.29, 1.82) is 0 Å². The van der Waals surface area contributed by atoms with Gasteiger partial charge in [-0.3, -0.25) is 4.79 Å². The molecule has 6 nitrogen and oxygen atoms in total. The Hall–Kier alpha value is -1.77. The second-order valence-corrected chi connectivity index (χ2v) is 9.53. The maximum Gasteiger partial charge on any atom is 0.229 e. The topological polar surface area (TPSA) is 79.4 Å². The number of thiazole rings is 1. The summed E-state index contributed by atoms with van der Waals surface area (Å²) in [5.41, 5.74) is 3.05. The monoisotopic (exact) mass is 393 g/mol. The van der Waals surface area contributed by atoms with Gasteiger partial charge < -0.3 is 5.32 Å². The normalized spacial score (nSPS) is 16.5. The summed E-state index contributed by atoms with van der Waals surface area (Å²) < 4.78 is 25.3. The number of nitrogens with one attached hydrogen (secondary N) is 1. The molecule has 2 heterocycles. The molecule has 1 aliphatic heterocycles. The number of sulfonamides is 1. The van der Waals surface area contributed by atoms with Crippen LogP contribution in [0.4, 0.5) is 5.13 Å². The molecule has 0 bridgehead atoms. The Morgan fingerprint density at radius 1 is 1.31 bits per heavy atom. The number of piperidine rings is 1. The number of aromatic nitrogens is 1. The van der Waals surface area contributed by atoms with E-state index < -0.39 is 10.0 Å². The van der Waals surface area contributed by atoms with Crippen LogP contribution in [-0.2, 0) is 14.8 Å². The second kappa shape index (κ2) is 7.85. The van der Waals surface area contributed by atoms with Gasteiger partial charge in [0.2, 0.25) is 15.9 Å². The van der Waals surface area contributed by atoms with Crippen molar-refractivity contribution in [3.05, 3.63) is 35.2 Å². The lowest BCUT2D eigenvalue weighted by atomic mass is 9.97. The molecule has 0 spiro atoms. The van der Waals surface area contributed by atoms with Gasteiger partial charge >= 0.3 is 0 Å². The first-order valence-corrected chi connectivity index (χ1v) is 11.2. The molecular weight excluding hydrogens is 370 g/mol. The van der Waals surface area contributed by atoms with E-state index in [2.05, 4.69) is 10.3 Å². The Labute approximate surface area is 158 Å². The molecule has 1 aromatic heterocycles. The number of benzene rings is 1. The average molecular weight is 394 g/mol. The highest BCUT2D eigenvalue weighted by atomic mass is 32.2. The van der Waals surface area contributed by atoms with E-state index in [0.717, 1.165) is 16.8 Å². The molecule has 2 aromatic rings. The van der Waals surface area contributed by atoms with Gasteiger partial charge in [-0.2, -0.15) is 0 Å². The average Bonchev–Trinajstić information content (AvgIpc) is 3.10. The van der Waals surface area contributed by atoms with E-state index >= 15 is 0 Å². The lowest BCUT2D eigenvalue weighted by molar-refractivity contribution is -0.120. The third-order valence-corrected chi connectivity index (χ3v) is 7.38. The zero-order valence-corrected chi connectivity index (χ0v) is 16.6. The van der Waals surface area contributed by atoms with E-state index in [9.17, 15) is 13.2 Å². The SMILES string of the molecule is CCS(=O)(=O)N1CCC(C(=O)Nc2nc(-c3ccccc3C)cs2)CC1. The number of hydrogen-bond acceptors (Lipinski definition) is 5. The highest BCUT2D eigenvalue weighted by Crippen LogP contribution is 2.28. The minimum atomic E-state index is -3.17. The number of carbonyl (C=O) groups excluding carboxylic acids is 1. The van der Waals surface area contributed by atoms with Gasteiger partial charge in [0.25, 0.3) is 0 Å². The summed E-state index contributed by atoms with van der Waals surface area (Å²) >= 11 is 1.40. The third kappa shape index (κ3) is 4.13. The van der Waals surface area contributed by atoms with Crippen LogP contribution in [0.2, 0.25) is 0 Å². The lowest BCUT2D eigenvalue weighted by Gasteiger charge is -2.30. The minimum Gasteiger partial charge on any atom is -0.302 e. The summed E-state index contributed by atoms with van der Waals surface area (Å²) in [6.07, 6.45) is 1.09. The van der Waals surface area contributed by atoms with Gasteiger partial charge in [-0.05, 0) is 32.3 Å². The summed E-state index contributed by atoms with van der Waals surface area (Å²) in [5, 5.41) is 5.41. The Morgan fingerprint density at radius 3 is 2.65 bits per heavy atom. The van der Waals surface area contributed by atoms with E-state index in [-0.39, 0.29) is 17.6 Å². The quantitative estimate of drug-likeness (QED) is 0.846. The van der Waals surface area contributed by atoms with E-state index in [1.54, 1.807) is 6.92 Å². The summed E-state index contributed by atoms with van der Waals surface area (Å²) in [7, 11) is -3.17. The Morgan fingerprint density at radius 2 is 2.00 bits per heavy atom. The molecule has 26 heavy (non-hydrogen) atoms. The van der Waals surface area contributed by atoms with E-state index in [0.29, 0.717) is 31.1 Å². The molecule has 3 rings (SSSR count). The highest BCUT2D eigenvalue weighted by Gasteiger charge is 2.30. The molecule has 0 saturated carbocycles. The van der Waals surface area contributed by atoms with Crippen molar-refractivity contribution >= 4 is 32.4 Å². The standard InChI is InChI=1S/C18H23N3O3S2/c1-3-26(23,24)21-10-8-14(9-11-21)17(22)20-18-19-16(12-25-18)15-7-5-4-6-13(15)2/h4-7,12,14H,3,8-11H2,1-2H3,(H,19,20,22). The number of carbonyl (C=O) groups is 1. The number of nitrogens with zero attached hydrogens (tertiary/aromatic N) is 2. The molecule has 8 heteroatoms. The molecule has 1 aliphatic rings. The minimum absolute atomic E-state index is 0.0794. The smallest absolute Gasteiger partial charge is 0.229 e. The predicted molar refractivity (Wildman–Crippen MR) is 105 cm³/mol. The fourth-order valence-corrected chi connectivity index (χ4v) is 4.95. The van der Waals surface area contributed by atoms with Crippen molar-refractivity contribution in [1.82, 2.24) is 9.29 Å². The van der Waals surface area contributed by atoms with Crippen LogP contribution in [-0.4, -0.2) is 42.5 Å². The van der Waals surface area contributed by atoms with Crippen molar-refractivity contribution in [3.8, 4) is 11.3 Å². The molecule has 1 fully saturated rings. The van der Waals surface area contributed by atoms with Crippen molar-refractivity contribution in [3.63, 3.8) is 0 Å². The van der Waals surface area contributed by atoms with Gasteiger partial charge in [0.1, 0.15) is 0 Å². The molecule has 0 unspecified atom stereocenters. The first-order valence-electron chi connectivity index (χ1n) is 8.71. The number of hydrogen-bond donors (Lipinski definition) is 1. The summed E-state index contributed by atoms with van der Waals surface area (Å²) in [5.74, 6) is -0.154. The van der Waals surface area contributed by atoms with Crippen molar-refractivity contribution in [2.75, 3.05) is 24.2 Å². The lowest BCUT2D eigenvalue weighted by Crippen LogP contribution is -2.42. The van der Waals surface area contributed by atoms with E-state index in [1.165, 1.54) is 15.6 Å². The summed E-state index contributed by atoms with van der Waals surface area (Å²) in [6.45, 7) is 4.48. The van der Waals surface area contributed by atoms with Crippen LogP contribution in [0.1, 0.15) is 25.3 Å². The molecule has 1 amide bonds. The zero-order chi connectivity index (χ0) is 18.7. The third-order valence-electron chi connectivity index (χ3n) is 4.74. The predicted octanol–water partition coefficient (Wildman–Crippen LogP) is 3.12. The second-order valence-electron chi connectivity index (χ2n) is 6.42. The highest BCUT2D eigenvalue weighted by molar-refractivity contribution is 7.89. The van der Waals surface area contributed by atoms with Crippen LogP contribution in [0.25, 0.3) is 11.3 Å². The Kier molecular flexibility index (Phi) is 5.74. The van der Waals surface area contributed by atoms with Crippen molar-refractivity contribution in [2.24, 2.45) is 5.92 Å². The van der Waals surface area contributed by atoms with Gasteiger partial charge in [-0.15, -0.1) is 11.3 Å². The Balaban J connectivity index is 1.61. The number of rotatable bonds is 5. The Bertz CT molecular complexity index is 885.